The molecule has 5 rings (SSSR count). The summed E-state index contributed by atoms with van der Waals surface area (Å²) in [4.78, 5) is 143. The number of benzene rings is 1. The van der Waals surface area contributed by atoms with Gasteiger partial charge < -0.3 is 68.0 Å². The molecule has 0 saturated carbocycles. The van der Waals surface area contributed by atoms with E-state index in [1.807, 2.05) is 0 Å². The lowest BCUT2D eigenvalue weighted by molar-refractivity contribution is -0.149. The summed E-state index contributed by atoms with van der Waals surface area (Å²) in [6.07, 6.45) is -1.84. The standard InChI is InChI=1S/C49H71N9O15S/c1-4-25(2)43-47(70)53-20-40(65)54-34-24-74(72)48-32(31-12-11-29(59)18-33(31)55-48)14-27(45(68)52-21-41(66)56-43)15-37(62)44(26(3)38(63)23-73-42(67)10-8-6-5-7-9-13-50)57-46(69)35-19-30(60)22-58(35)49(71)28(16-36(34)61)17-39(51)64/h11-12,18,25-28,30,34-35,38,43-44,55,59-60,63H,4-10,13-17,19-24,50H2,1-3H3,(H2,51,64)(H,52,68)(H,53,70)(H,54,65)(H,56,66)(H,57,69)/t25-,26-,27-,28-,30?,34?,35-,38-,43-,44-,74+/m0/s1. The van der Waals surface area contributed by atoms with Crippen molar-refractivity contribution >= 4 is 80.6 Å². The maximum absolute atomic E-state index is 15.0. The van der Waals surface area contributed by atoms with E-state index in [4.69, 9.17) is 16.2 Å². The number of nitrogens with one attached hydrogen (secondary N) is 6. The number of hydrogen-bond acceptors (Lipinski definition) is 16. The summed E-state index contributed by atoms with van der Waals surface area (Å²) in [7, 11) is -2.34. The normalized spacial score (nSPS) is 26.4. The second-order valence-electron chi connectivity index (χ2n) is 19.6. The van der Waals surface area contributed by atoms with Crippen LogP contribution in [0, 0.1) is 23.7 Å². The molecule has 0 radical (unpaired) electrons. The molecule has 13 N–H and O–H groups in total. The molecular weight excluding hydrogens is 987 g/mol. The number of aliphatic hydroxyl groups excluding tert-OH is 2. The molecule has 2 unspecified atom stereocenters. The lowest BCUT2D eigenvalue weighted by Gasteiger charge is -2.32. The fraction of sp³-hybridized carbons (Fsp3) is 0.633. The summed E-state index contributed by atoms with van der Waals surface area (Å²) in [6, 6.07) is -2.12. The highest BCUT2D eigenvalue weighted by atomic mass is 32.2. The Hall–Kier alpha value is -6.31. The van der Waals surface area contributed by atoms with Gasteiger partial charge in [0.15, 0.2) is 11.6 Å². The number of carbonyl (C=O) groups is 10. The van der Waals surface area contributed by atoms with Crippen LogP contribution in [0.25, 0.3) is 10.9 Å². The number of ketones is 2. The topological polar surface area (TPSA) is 389 Å². The third-order valence-electron chi connectivity index (χ3n) is 13.9. The van der Waals surface area contributed by atoms with E-state index in [0.29, 0.717) is 24.8 Å². The maximum Gasteiger partial charge on any atom is 0.305 e. The van der Waals surface area contributed by atoms with Crippen LogP contribution in [-0.4, -0.2) is 163 Å². The smallest absolute Gasteiger partial charge is 0.305 e. The highest BCUT2D eigenvalue weighted by Gasteiger charge is 2.45. The van der Waals surface area contributed by atoms with Crippen LogP contribution in [0.5, 0.6) is 5.75 Å². The number of unbranched alkanes of at least 4 members (excludes halogenated alkanes) is 4. The van der Waals surface area contributed by atoms with Crippen LogP contribution >= 0.6 is 0 Å². The van der Waals surface area contributed by atoms with Gasteiger partial charge in [-0.3, -0.25) is 52.2 Å². The zero-order valence-corrected chi connectivity index (χ0v) is 42.8. The predicted molar refractivity (Wildman–Crippen MR) is 265 cm³/mol. The molecule has 0 aliphatic carbocycles. The Bertz CT molecular complexity index is 2450. The summed E-state index contributed by atoms with van der Waals surface area (Å²) in [5.41, 5.74) is 11.5. The van der Waals surface area contributed by atoms with Crippen molar-refractivity contribution < 1.29 is 72.2 Å². The van der Waals surface area contributed by atoms with Gasteiger partial charge in [-0.05, 0) is 49.4 Å². The number of ether oxygens (including phenoxy) is 1. The Morgan fingerprint density at radius 3 is 2.23 bits per heavy atom. The average Bonchev–Trinajstić information content (AvgIpc) is 3.93. The summed E-state index contributed by atoms with van der Waals surface area (Å²) in [5, 5.41) is 45.7. The molecular formula is C49H71N9O15S. The number of primary amides is 1. The number of amides is 7. The van der Waals surface area contributed by atoms with Gasteiger partial charge >= 0.3 is 5.97 Å². The minimum absolute atomic E-state index is 0.0366. The molecule has 0 spiro atoms. The number of aromatic nitrogens is 1. The van der Waals surface area contributed by atoms with Gasteiger partial charge in [0.25, 0.3) is 0 Å². The zero-order valence-electron chi connectivity index (χ0n) is 42.0. The Balaban J connectivity index is 1.65. The van der Waals surface area contributed by atoms with Crippen molar-refractivity contribution in [2.45, 2.75) is 139 Å². The van der Waals surface area contributed by atoms with Gasteiger partial charge in [0.2, 0.25) is 41.4 Å². The molecule has 1 fully saturated rings. The van der Waals surface area contributed by atoms with E-state index in [2.05, 4.69) is 31.6 Å². The SMILES string of the molecule is CC[C@H](C)[C@@H]1NC(=O)CNC(=O)[C@@H]2CC(=O)[C@H]([C@@H](C)[C@@H](O)COC(=O)CCCCCCCN)NC(=O)[C@@H]3CC(O)CN3C(=O)[C@H](CC(N)=O)CC(=O)C(C[S@@](=O)c3[nH]c4cc(O)ccc4c3C2)NC(=O)CNC1=O. The Morgan fingerprint density at radius 1 is 0.865 bits per heavy atom. The first-order valence-electron chi connectivity index (χ1n) is 25.1. The summed E-state index contributed by atoms with van der Waals surface area (Å²) >= 11 is 0. The van der Waals surface area contributed by atoms with Gasteiger partial charge in [0.05, 0.1) is 65.4 Å². The van der Waals surface area contributed by atoms with Crippen LogP contribution < -0.4 is 38.1 Å². The molecule has 24 nitrogen and oxygen atoms in total. The fourth-order valence-electron chi connectivity index (χ4n) is 9.44. The van der Waals surface area contributed by atoms with E-state index >= 15 is 0 Å². The van der Waals surface area contributed by atoms with E-state index in [1.54, 1.807) is 13.8 Å². The van der Waals surface area contributed by atoms with E-state index < -0.39 is 187 Å². The Morgan fingerprint density at radius 2 is 1.54 bits per heavy atom. The quantitative estimate of drug-likeness (QED) is 0.0686. The van der Waals surface area contributed by atoms with E-state index in [-0.39, 0.29) is 34.7 Å². The van der Waals surface area contributed by atoms with Crippen LogP contribution in [0.15, 0.2) is 23.2 Å². The van der Waals surface area contributed by atoms with Crippen molar-refractivity contribution in [3.05, 3.63) is 23.8 Å². The molecule has 11 atom stereocenters. The van der Waals surface area contributed by atoms with Gasteiger partial charge in [-0.15, -0.1) is 0 Å². The van der Waals surface area contributed by atoms with Gasteiger partial charge in [-0.2, -0.15) is 0 Å². The molecule has 4 heterocycles. The number of rotatable bonds is 15. The number of carbonyl (C=O) groups excluding carboxylic acids is 10. The summed E-state index contributed by atoms with van der Waals surface area (Å²) in [6.45, 7) is 2.79. The number of H-pyrrole nitrogens is 1. The second kappa shape index (κ2) is 27.3. The number of phenolic OH excluding ortho intramolecular Hbond substituents is 1. The lowest BCUT2D eigenvalue weighted by Crippen LogP contribution is -2.56. The van der Waals surface area contributed by atoms with Crippen molar-refractivity contribution in [3.63, 3.8) is 0 Å². The number of nitrogens with zero attached hydrogens (tertiary/aromatic N) is 1. The number of aromatic amines is 1. The van der Waals surface area contributed by atoms with Crippen molar-refractivity contribution in [1.29, 1.82) is 0 Å². The van der Waals surface area contributed by atoms with Gasteiger partial charge in [0.1, 0.15) is 29.5 Å². The molecule has 1 saturated heterocycles. The molecule has 2 aromatic rings. The van der Waals surface area contributed by atoms with E-state index in [9.17, 15) is 67.5 Å². The van der Waals surface area contributed by atoms with Crippen LogP contribution in [0.4, 0.5) is 0 Å². The van der Waals surface area contributed by atoms with Gasteiger partial charge in [-0.25, -0.2) is 0 Å². The van der Waals surface area contributed by atoms with Crippen LogP contribution in [-0.2, 0) is 69.9 Å². The summed E-state index contributed by atoms with van der Waals surface area (Å²) in [5.74, 6) is -14.7. The van der Waals surface area contributed by atoms with Crippen molar-refractivity contribution in [1.82, 2.24) is 36.5 Å². The van der Waals surface area contributed by atoms with Crippen LogP contribution in [0.3, 0.4) is 0 Å². The predicted octanol–water partition coefficient (Wildman–Crippen LogP) is -1.89. The van der Waals surface area contributed by atoms with Crippen LogP contribution in [0.2, 0.25) is 0 Å². The molecule has 25 heteroatoms. The van der Waals surface area contributed by atoms with Crippen molar-refractivity contribution in [3.8, 4) is 5.75 Å². The second-order valence-corrected chi connectivity index (χ2v) is 21.0. The minimum atomic E-state index is -2.34. The minimum Gasteiger partial charge on any atom is -0.508 e. The Labute approximate surface area is 430 Å². The number of Topliss-reactive ketones (excluding diaryl/α,β-unsaturated/α-hetero) is 2. The molecule has 7 amide bonds. The monoisotopic (exact) mass is 1060 g/mol. The zero-order chi connectivity index (χ0) is 54.4. The molecule has 2 bridgehead atoms. The first-order valence-corrected chi connectivity index (χ1v) is 26.5. The van der Waals surface area contributed by atoms with Crippen LogP contribution in [0.1, 0.15) is 97.0 Å². The van der Waals surface area contributed by atoms with Gasteiger partial charge in [-0.1, -0.05) is 46.5 Å². The number of aliphatic hydroxyl groups is 2. The first-order chi connectivity index (χ1) is 35.1. The number of phenols is 1. The molecule has 74 heavy (non-hydrogen) atoms. The number of hydrogen-bond donors (Lipinski definition) is 11. The summed E-state index contributed by atoms with van der Waals surface area (Å²) < 4.78 is 20.2. The third kappa shape index (κ3) is 15.9. The molecule has 1 aromatic carbocycles. The molecule has 3 aliphatic rings. The number of esters is 1. The molecule has 408 valence electrons. The highest BCUT2D eigenvalue weighted by molar-refractivity contribution is 7.85. The van der Waals surface area contributed by atoms with E-state index in [1.165, 1.54) is 25.1 Å². The largest absolute Gasteiger partial charge is 0.508 e. The van der Waals surface area contributed by atoms with Crippen molar-refractivity contribution in [2.75, 3.05) is 38.5 Å². The number of nitrogens with two attached hydrogens (primary N) is 2. The first kappa shape index (κ1) is 58.6. The Kier molecular flexibility index (Phi) is 21.6. The maximum atomic E-state index is 15.0. The highest BCUT2D eigenvalue weighted by Crippen LogP contribution is 2.33. The molecule has 3 aliphatic heterocycles. The van der Waals surface area contributed by atoms with Gasteiger partial charge in [0, 0.05) is 61.9 Å². The fourth-order valence-corrected chi connectivity index (χ4v) is 10.9. The third-order valence-corrected chi connectivity index (χ3v) is 15.4. The number of aromatic hydroxyl groups is 1. The molecule has 1 aromatic heterocycles. The lowest BCUT2D eigenvalue weighted by atomic mass is 9.85. The van der Waals surface area contributed by atoms with E-state index in [0.717, 1.165) is 30.6 Å². The average molecular weight is 1060 g/mol. The number of fused-ring (bicyclic) bond motifs is 5. The van der Waals surface area contributed by atoms with Crippen molar-refractivity contribution in [2.24, 2.45) is 35.1 Å².